The predicted molar refractivity (Wildman–Crippen MR) is 61.7 cm³/mol. The van der Waals surface area contributed by atoms with Crippen molar-refractivity contribution in [2.24, 2.45) is 0 Å². The molecule has 0 aromatic carbocycles. The summed E-state index contributed by atoms with van der Waals surface area (Å²) in [6.45, 7) is 0. The first kappa shape index (κ1) is 18.3. The molecule has 0 radical (unpaired) electrons. The van der Waals surface area contributed by atoms with Crippen LogP contribution < -0.4 is 5.43 Å². The van der Waals surface area contributed by atoms with Crippen LogP contribution in [0.15, 0.2) is 0 Å². The molecule has 0 bridgehead atoms. The van der Waals surface area contributed by atoms with E-state index >= 15 is 0 Å². The Bertz CT molecular complexity index is 397. The Labute approximate surface area is 109 Å². The van der Waals surface area contributed by atoms with E-state index in [1.54, 1.807) is 0 Å². The summed E-state index contributed by atoms with van der Waals surface area (Å²) in [5, 5.41) is 1.90. The molecule has 0 aliphatic heterocycles. The van der Waals surface area contributed by atoms with Crippen LogP contribution in [0.2, 0.25) is 0 Å². The van der Waals surface area contributed by atoms with Crippen molar-refractivity contribution in [2.75, 3.05) is 14.1 Å². The van der Waals surface area contributed by atoms with Crippen molar-refractivity contribution in [3.05, 3.63) is 0 Å². The molecule has 1 unspecified atom stereocenters. The maximum atomic E-state index is 11.3. The molecule has 1 rings (SSSR count). The van der Waals surface area contributed by atoms with Crippen molar-refractivity contribution in [3.8, 4) is 0 Å². The number of Topliss-reactive ketones (excluding diaryl/α,β-unsaturated/α-hetero) is 1. The molecule has 0 spiro atoms. The summed E-state index contributed by atoms with van der Waals surface area (Å²) < 4.78 is 57.5. The van der Waals surface area contributed by atoms with Gasteiger partial charge in [0.25, 0.3) is 0 Å². The minimum Gasteiger partial charge on any atom is -0.298 e. The van der Waals surface area contributed by atoms with Crippen molar-refractivity contribution in [1.29, 1.82) is 0 Å². The zero-order valence-electron chi connectivity index (χ0n) is 10.6. The standard InChI is InChI=1S/C8H16N2O.CHF3O3S/c1-9-10(2)7-5-3-4-6-8(7)11;2-1(3,4)8(5,6)7/h7,9H,3-6H2,1-2H3;(H,5,6,7). The number of hydrogen-bond acceptors (Lipinski definition) is 5. The first-order valence-electron chi connectivity index (χ1n) is 5.47. The number of hydrazine groups is 1. The van der Waals surface area contributed by atoms with Crippen LogP contribution in [0.1, 0.15) is 25.7 Å². The lowest BCUT2D eigenvalue weighted by atomic mass is 9.94. The number of nitrogens with zero attached hydrogens (tertiary/aromatic N) is 1. The van der Waals surface area contributed by atoms with Crippen molar-refractivity contribution >= 4 is 15.9 Å². The second-order valence-electron chi connectivity index (χ2n) is 3.98. The van der Waals surface area contributed by atoms with E-state index in [9.17, 15) is 18.0 Å². The Morgan fingerprint density at radius 2 is 1.84 bits per heavy atom. The van der Waals surface area contributed by atoms with Gasteiger partial charge in [-0.05, 0) is 19.9 Å². The Morgan fingerprint density at radius 3 is 2.16 bits per heavy atom. The van der Waals surface area contributed by atoms with Gasteiger partial charge in [0.1, 0.15) is 0 Å². The van der Waals surface area contributed by atoms with Gasteiger partial charge in [-0.1, -0.05) is 6.42 Å². The Kier molecular flexibility index (Phi) is 6.91. The molecule has 0 amide bonds. The first-order chi connectivity index (χ1) is 8.50. The molecule has 0 aromatic heterocycles. The van der Waals surface area contributed by atoms with E-state index in [4.69, 9.17) is 13.0 Å². The minimum atomic E-state index is -5.84. The number of nitrogens with one attached hydrogen (secondary N) is 1. The smallest absolute Gasteiger partial charge is 0.298 e. The Hall–Kier alpha value is -0.710. The van der Waals surface area contributed by atoms with Gasteiger partial charge in [-0.25, -0.2) is 5.01 Å². The third-order valence-electron chi connectivity index (χ3n) is 2.64. The predicted octanol–water partition coefficient (Wildman–Crippen LogP) is 0.958. The van der Waals surface area contributed by atoms with Crippen molar-refractivity contribution in [3.63, 3.8) is 0 Å². The zero-order chi connectivity index (χ0) is 15.3. The lowest BCUT2D eigenvalue weighted by Gasteiger charge is -2.28. The summed E-state index contributed by atoms with van der Waals surface area (Å²) in [6.07, 6.45) is 4.03. The van der Waals surface area contributed by atoms with E-state index in [-0.39, 0.29) is 6.04 Å². The topological polar surface area (TPSA) is 86.7 Å². The highest BCUT2D eigenvalue weighted by Gasteiger charge is 2.44. The Morgan fingerprint density at radius 1 is 1.37 bits per heavy atom. The molecule has 1 aliphatic carbocycles. The second kappa shape index (κ2) is 7.17. The van der Waals surface area contributed by atoms with Crippen LogP contribution in [0.4, 0.5) is 13.2 Å². The molecule has 0 heterocycles. The van der Waals surface area contributed by atoms with Gasteiger partial charge in [0.2, 0.25) is 0 Å². The highest BCUT2D eigenvalue weighted by atomic mass is 32.2. The van der Waals surface area contributed by atoms with Crippen LogP contribution in [0.3, 0.4) is 0 Å². The maximum absolute atomic E-state index is 11.3. The van der Waals surface area contributed by atoms with Gasteiger partial charge < -0.3 is 0 Å². The van der Waals surface area contributed by atoms with E-state index in [1.165, 1.54) is 6.42 Å². The summed E-state index contributed by atoms with van der Waals surface area (Å²) in [7, 11) is -2.07. The van der Waals surface area contributed by atoms with E-state index < -0.39 is 15.6 Å². The summed E-state index contributed by atoms with van der Waals surface area (Å²) >= 11 is 0. The monoisotopic (exact) mass is 306 g/mol. The van der Waals surface area contributed by atoms with Gasteiger partial charge in [0, 0.05) is 13.5 Å². The van der Waals surface area contributed by atoms with Crippen LogP contribution in [0.25, 0.3) is 0 Å². The third kappa shape index (κ3) is 6.32. The second-order valence-corrected chi connectivity index (χ2v) is 5.40. The number of likely N-dealkylation sites (N-methyl/N-ethyl adjacent to an activating group) is 1. The quantitative estimate of drug-likeness (QED) is 0.449. The SMILES string of the molecule is CNN(C)C1CCCCC1=O.O=S(=O)(O)C(F)(F)F. The molecule has 1 saturated carbocycles. The number of ketones is 1. The average molecular weight is 306 g/mol. The highest BCUT2D eigenvalue weighted by molar-refractivity contribution is 7.86. The van der Waals surface area contributed by atoms with Crippen molar-refractivity contribution in [2.45, 2.75) is 37.2 Å². The van der Waals surface area contributed by atoms with Gasteiger partial charge in [0.15, 0.2) is 5.78 Å². The van der Waals surface area contributed by atoms with Crippen LogP contribution in [0.5, 0.6) is 0 Å². The molecular formula is C9H17F3N2O4S. The summed E-state index contributed by atoms with van der Waals surface area (Å²) in [5.74, 6) is 0.383. The largest absolute Gasteiger partial charge is 0.522 e. The van der Waals surface area contributed by atoms with Gasteiger partial charge >= 0.3 is 15.6 Å². The van der Waals surface area contributed by atoms with Crippen LogP contribution in [0, 0.1) is 0 Å². The molecule has 0 saturated heterocycles. The Balaban J connectivity index is 0.000000362. The molecule has 1 atom stereocenters. The lowest BCUT2D eigenvalue weighted by molar-refractivity contribution is -0.126. The number of carbonyl (C=O) groups excluding carboxylic acids is 1. The average Bonchev–Trinajstić information content (AvgIpc) is 2.27. The zero-order valence-corrected chi connectivity index (χ0v) is 11.4. The van der Waals surface area contributed by atoms with Gasteiger partial charge in [-0.3, -0.25) is 14.8 Å². The molecule has 114 valence electrons. The molecular weight excluding hydrogens is 289 g/mol. The summed E-state index contributed by atoms with van der Waals surface area (Å²) in [5.41, 5.74) is -2.56. The molecule has 1 aliphatic rings. The van der Waals surface area contributed by atoms with Gasteiger partial charge in [0.05, 0.1) is 6.04 Å². The third-order valence-corrected chi connectivity index (χ3v) is 3.22. The lowest BCUT2D eigenvalue weighted by Crippen LogP contribution is -2.46. The number of rotatable bonds is 2. The van der Waals surface area contributed by atoms with Gasteiger partial charge in [-0.2, -0.15) is 21.6 Å². The molecule has 2 N–H and O–H groups in total. The fraction of sp³-hybridized carbons (Fsp3) is 0.889. The van der Waals surface area contributed by atoms with Crippen LogP contribution in [-0.4, -0.2) is 49.4 Å². The molecule has 6 nitrogen and oxygen atoms in total. The van der Waals surface area contributed by atoms with Gasteiger partial charge in [-0.15, -0.1) is 0 Å². The number of carbonyl (C=O) groups is 1. The van der Waals surface area contributed by atoms with Crippen LogP contribution in [-0.2, 0) is 14.9 Å². The number of alkyl halides is 3. The summed E-state index contributed by atoms with van der Waals surface area (Å²) in [6, 6.07) is 0.119. The molecule has 10 heteroatoms. The first-order valence-corrected chi connectivity index (χ1v) is 6.91. The molecule has 19 heavy (non-hydrogen) atoms. The maximum Gasteiger partial charge on any atom is 0.522 e. The van der Waals surface area contributed by atoms with E-state index in [2.05, 4.69) is 5.43 Å². The number of halogens is 3. The normalized spacial score (nSPS) is 21.0. The number of hydrogen-bond donors (Lipinski definition) is 2. The highest BCUT2D eigenvalue weighted by Crippen LogP contribution is 2.20. The van der Waals surface area contributed by atoms with Crippen molar-refractivity contribution in [1.82, 2.24) is 10.4 Å². The van der Waals surface area contributed by atoms with E-state index in [1.807, 2.05) is 19.1 Å². The fourth-order valence-electron chi connectivity index (χ4n) is 1.53. The summed E-state index contributed by atoms with van der Waals surface area (Å²) in [4.78, 5) is 11.3. The van der Waals surface area contributed by atoms with Crippen LogP contribution >= 0.6 is 0 Å². The molecule has 0 aromatic rings. The molecule has 1 fully saturated rings. The fourth-order valence-corrected chi connectivity index (χ4v) is 1.53. The van der Waals surface area contributed by atoms with Crippen molar-refractivity contribution < 1.29 is 30.9 Å². The minimum absolute atomic E-state index is 0.119. The van der Waals surface area contributed by atoms with E-state index in [0.29, 0.717) is 5.78 Å². The van der Waals surface area contributed by atoms with E-state index in [0.717, 1.165) is 19.3 Å².